The molecule has 2 N–H and O–H groups in total. The van der Waals surface area contributed by atoms with E-state index in [0.717, 1.165) is 12.8 Å². The summed E-state index contributed by atoms with van der Waals surface area (Å²) in [6.07, 6.45) is 4.76. The summed E-state index contributed by atoms with van der Waals surface area (Å²) >= 11 is 0. The minimum absolute atomic E-state index is 0.0850. The van der Waals surface area contributed by atoms with E-state index in [0.29, 0.717) is 41.6 Å². The molecular formula is C26H23FN6O2. The van der Waals surface area contributed by atoms with Crippen LogP contribution in [0.5, 0.6) is 11.5 Å². The number of halogens is 1. The van der Waals surface area contributed by atoms with Gasteiger partial charge in [-0.1, -0.05) is 18.2 Å². The van der Waals surface area contributed by atoms with Gasteiger partial charge in [-0.15, -0.1) is 0 Å². The largest absolute Gasteiger partial charge is 0.457 e. The third kappa shape index (κ3) is 4.38. The van der Waals surface area contributed by atoms with Gasteiger partial charge in [-0.3, -0.25) is 9.20 Å². The number of rotatable bonds is 5. The number of aromatic nitrogens is 3. The average molecular weight is 471 g/mol. The van der Waals surface area contributed by atoms with Gasteiger partial charge >= 0.3 is 0 Å². The second-order valence-corrected chi connectivity index (χ2v) is 8.42. The van der Waals surface area contributed by atoms with Gasteiger partial charge in [0, 0.05) is 43.0 Å². The quantitative estimate of drug-likeness (QED) is 0.459. The molecule has 1 amide bonds. The van der Waals surface area contributed by atoms with Crippen LogP contribution in [0.1, 0.15) is 31.0 Å². The number of para-hydroxylation sites is 1. The number of nitrogens with two attached hydrogens (primary N) is 1. The number of imidazole rings is 1. The third-order valence-corrected chi connectivity index (χ3v) is 6.15. The molecular weight excluding hydrogens is 447 g/mol. The third-order valence-electron chi connectivity index (χ3n) is 6.15. The first-order valence-corrected chi connectivity index (χ1v) is 11.3. The normalized spacial score (nSPS) is 15.7. The minimum Gasteiger partial charge on any atom is -0.457 e. The van der Waals surface area contributed by atoms with Gasteiger partial charge in [0.15, 0.2) is 0 Å². The number of nitrogens with zero attached hydrogens (tertiary/aromatic N) is 5. The van der Waals surface area contributed by atoms with E-state index >= 15 is 4.39 Å². The van der Waals surface area contributed by atoms with Crippen molar-refractivity contribution in [3.63, 3.8) is 0 Å². The van der Waals surface area contributed by atoms with Gasteiger partial charge in [0.25, 0.3) is 0 Å². The fourth-order valence-electron chi connectivity index (χ4n) is 4.53. The van der Waals surface area contributed by atoms with Crippen LogP contribution in [0.4, 0.5) is 10.2 Å². The Morgan fingerprint density at radius 2 is 2.06 bits per heavy atom. The number of carbonyl (C=O) groups is 1. The highest BCUT2D eigenvalue weighted by Gasteiger charge is 2.29. The number of anilines is 1. The number of hydrogen-bond donors (Lipinski definition) is 1. The highest BCUT2D eigenvalue weighted by atomic mass is 19.1. The Bertz CT molecular complexity index is 1430. The van der Waals surface area contributed by atoms with Gasteiger partial charge in [0.05, 0.1) is 6.07 Å². The number of hydrogen-bond acceptors (Lipinski definition) is 6. The van der Waals surface area contributed by atoms with Gasteiger partial charge in [-0.2, -0.15) is 5.26 Å². The molecule has 4 aromatic rings. The van der Waals surface area contributed by atoms with Gasteiger partial charge in [0.2, 0.25) is 5.91 Å². The van der Waals surface area contributed by atoms with Crippen molar-refractivity contribution in [2.24, 2.45) is 0 Å². The molecule has 8 nitrogen and oxygen atoms in total. The number of ether oxygens (including phenoxy) is 1. The zero-order chi connectivity index (χ0) is 24.4. The number of nitrogen functional groups attached to an aromatic ring is 1. The van der Waals surface area contributed by atoms with Crippen molar-refractivity contribution in [3.05, 3.63) is 72.6 Å². The average Bonchev–Trinajstić information content (AvgIpc) is 3.26. The van der Waals surface area contributed by atoms with Gasteiger partial charge < -0.3 is 15.4 Å². The zero-order valence-electron chi connectivity index (χ0n) is 18.9. The molecule has 0 spiro atoms. The van der Waals surface area contributed by atoms with Crippen molar-refractivity contribution in [2.45, 2.75) is 25.2 Å². The number of fused-ring (bicyclic) bond motifs is 1. The second-order valence-electron chi connectivity index (χ2n) is 8.42. The van der Waals surface area contributed by atoms with Crippen molar-refractivity contribution in [1.29, 1.82) is 5.26 Å². The summed E-state index contributed by atoms with van der Waals surface area (Å²) in [6, 6.07) is 15.7. The molecule has 9 heteroatoms. The summed E-state index contributed by atoms with van der Waals surface area (Å²) < 4.78 is 22.9. The maximum atomic E-state index is 15.3. The number of likely N-dealkylation sites (tertiary alicyclic amines) is 1. The summed E-state index contributed by atoms with van der Waals surface area (Å²) in [5.41, 5.74) is 7.39. The second kappa shape index (κ2) is 9.43. The van der Waals surface area contributed by atoms with Crippen LogP contribution in [0.15, 0.2) is 60.9 Å². The molecule has 2 aromatic carbocycles. The number of carbonyl (C=O) groups excluding carboxylic acids is 1. The van der Waals surface area contributed by atoms with Gasteiger partial charge in [-0.25, -0.2) is 14.4 Å². The lowest BCUT2D eigenvalue weighted by Crippen LogP contribution is -2.39. The molecule has 3 heterocycles. The monoisotopic (exact) mass is 470 g/mol. The molecule has 2 aromatic heterocycles. The SMILES string of the molecule is N#CCC(=O)N1CCCC(c2nc(-c3ccc(Oc4ccccc4)cc3F)c3c(N)nccn23)C1. The Hall–Kier alpha value is -4.45. The Labute approximate surface area is 201 Å². The Balaban J connectivity index is 1.52. The van der Waals surface area contributed by atoms with Gasteiger partial charge in [0.1, 0.15) is 46.6 Å². The molecule has 1 atom stereocenters. The van der Waals surface area contributed by atoms with Crippen LogP contribution in [0.25, 0.3) is 16.8 Å². The summed E-state index contributed by atoms with van der Waals surface area (Å²) in [5, 5.41) is 8.90. The van der Waals surface area contributed by atoms with Crippen molar-refractivity contribution in [2.75, 3.05) is 18.8 Å². The van der Waals surface area contributed by atoms with E-state index in [1.165, 1.54) is 6.07 Å². The summed E-state index contributed by atoms with van der Waals surface area (Å²) in [6.45, 7) is 1.04. The fraction of sp³-hybridized carbons (Fsp3) is 0.231. The van der Waals surface area contributed by atoms with Crippen LogP contribution < -0.4 is 10.5 Å². The maximum Gasteiger partial charge on any atom is 0.236 e. The topological polar surface area (TPSA) is 110 Å². The molecule has 1 aliphatic rings. The summed E-state index contributed by atoms with van der Waals surface area (Å²) in [5.74, 6) is 1.11. The van der Waals surface area contributed by atoms with E-state index in [1.54, 1.807) is 41.6 Å². The lowest BCUT2D eigenvalue weighted by Gasteiger charge is -2.31. The van der Waals surface area contributed by atoms with E-state index in [9.17, 15) is 4.79 Å². The van der Waals surface area contributed by atoms with Crippen molar-refractivity contribution < 1.29 is 13.9 Å². The number of amides is 1. The molecule has 0 bridgehead atoms. The number of piperidine rings is 1. The molecule has 0 aliphatic carbocycles. The van der Waals surface area contributed by atoms with Crippen molar-refractivity contribution in [3.8, 4) is 28.8 Å². The molecule has 5 rings (SSSR count). The van der Waals surface area contributed by atoms with Crippen molar-refractivity contribution >= 4 is 17.2 Å². The summed E-state index contributed by atoms with van der Waals surface area (Å²) in [4.78, 5) is 23.0. The molecule has 1 unspecified atom stereocenters. The Morgan fingerprint density at radius 1 is 1.23 bits per heavy atom. The molecule has 35 heavy (non-hydrogen) atoms. The number of nitriles is 1. The van der Waals surface area contributed by atoms with E-state index < -0.39 is 5.82 Å². The Morgan fingerprint density at radius 3 is 2.83 bits per heavy atom. The molecule has 0 saturated carbocycles. The molecule has 1 saturated heterocycles. The first-order valence-electron chi connectivity index (χ1n) is 11.3. The van der Waals surface area contributed by atoms with Crippen LogP contribution in [-0.4, -0.2) is 38.3 Å². The zero-order valence-corrected chi connectivity index (χ0v) is 18.9. The van der Waals surface area contributed by atoms with Crippen LogP contribution >= 0.6 is 0 Å². The molecule has 0 radical (unpaired) electrons. The first-order chi connectivity index (χ1) is 17.0. The van der Waals surface area contributed by atoms with E-state index in [1.807, 2.05) is 28.7 Å². The standard InChI is InChI=1S/C26H23FN6O2/c27-21-15-19(35-18-6-2-1-3-7-18)8-9-20(21)23-24-25(29)30-12-14-33(24)26(31-23)17-5-4-13-32(16-17)22(34)10-11-28/h1-3,6-9,12,14-15,17H,4-5,10,13,16H2,(H2,29,30). The minimum atomic E-state index is -0.497. The van der Waals surface area contributed by atoms with E-state index in [-0.39, 0.29) is 29.6 Å². The molecule has 176 valence electrons. The van der Waals surface area contributed by atoms with E-state index in [2.05, 4.69) is 4.98 Å². The van der Waals surface area contributed by atoms with Gasteiger partial charge in [-0.05, 0) is 37.1 Å². The smallest absolute Gasteiger partial charge is 0.236 e. The van der Waals surface area contributed by atoms with Crippen LogP contribution in [0.3, 0.4) is 0 Å². The predicted molar refractivity (Wildman–Crippen MR) is 128 cm³/mol. The highest BCUT2D eigenvalue weighted by molar-refractivity contribution is 5.86. The lowest BCUT2D eigenvalue weighted by atomic mass is 9.97. The molecule has 1 aliphatic heterocycles. The van der Waals surface area contributed by atoms with Crippen LogP contribution in [-0.2, 0) is 4.79 Å². The predicted octanol–water partition coefficient (Wildman–Crippen LogP) is 4.53. The molecule has 1 fully saturated rings. The summed E-state index contributed by atoms with van der Waals surface area (Å²) in [7, 11) is 0. The Kier molecular flexibility index (Phi) is 6.02. The van der Waals surface area contributed by atoms with Crippen molar-refractivity contribution in [1.82, 2.24) is 19.3 Å². The van der Waals surface area contributed by atoms with Crippen LogP contribution in [0, 0.1) is 17.1 Å². The van der Waals surface area contributed by atoms with E-state index in [4.69, 9.17) is 20.7 Å². The number of benzene rings is 2. The van der Waals surface area contributed by atoms with Crippen LogP contribution in [0.2, 0.25) is 0 Å². The maximum absolute atomic E-state index is 15.3. The lowest BCUT2D eigenvalue weighted by molar-refractivity contribution is -0.131. The first kappa shape index (κ1) is 22.3. The fourth-order valence-corrected chi connectivity index (χ4v) is 4.53. The highest BCUT2D eigenvalue weighted by Crippen LogP contribution is 2.36.